The number of halogens is 1. The summed E-state index contributed by atoms with van der Waals surface area (Å²) in [7, 11) is 0. The highest BCUT2D eigenvalue weighted by Gasteiger charge is 2.23. The van der Waals surface area contributed by atoms with E-state index in [1.807, 2.05) is 34.9 Å². The Morgan fingerprint density at radius 1 is 1.00 bits per heavy atom. The van der Waals surface area contributed by atoms with Gasteiger partial charge < -0.3 is 15.5 Å². The minimum Gasteiger partial charge on any atom is -0.393 e. The van der Waals surface area contributed by atoms with Gasteiger partial charge in [-0.3, -0.25) is 15.6 Å². The molecular weight excluding hydrogens is 397 g/mol. The minimum absolute atomic E-state index is 0.228. The molecule has 1 aliphatic rings. The number of hydrogen-bond donors (Lipinski definition) is 3. The first-order chi connectivity index (χ1) is 15.0. The van der Waals surface area contributed by atoms with E-state index in [1.165, 1.54) is 12.4 Å². The van der Waals surface area contributed by atoms with E-state index < -0.39 is 0 Å². The molecule has 0 unspecified atom stereocenters. The molecule has 1 aliphatic heterocycles. The van der Waals surface area contributed by atoms with E-state index in [0.717, 1.165) is 5.56 Å². The van der Waals surface area contributed by atoms with Crippen LogP contribution in [0.2, 0.25) is 0 Å². The highest BCUT2D eigenvalue weighted by molar-refractivity contribution is 5.95. The lowest BCUT2D eigenvalue weighted by molar-refractivity contribution is 0.0962. The summed E-state index contributed by atoms with van der Waals surface area (Å²) >= 11 is 0. The molecule has 4 rings (SSSR count). The predicted octanol–water partition coefficient (Wildman–Crippen LogP) is 2.59. The average molecular weight is 421 g/mol. The maximum atomic E-state index is 14.1. The van der Waals surface area contributed by atoms with Gasteiger partial charge in [0.15, 0.2) is 11.6 Å². The van der Waals surface area contributed by atoms with E-state index in [1.54, 1.807) is 24.3 Å². The third kappa shape index (κ3) is 4.50. The summed E-state index contributed by atoms with van der Waals surface area (Å²) in [6.07, 6.45) is 1.40. The van der Waals surface area contributed by atoms with Crippen molar-refractivity contribution in [1.29, 1.82) is 0 Å². The van der Waals surface area contributed by atoms with Crippen LogP contribution in [0.3, 0.4) is 0 Å². The van der Waals surface area contributed by atoms with Gasteiger partial charge in [-0.15, -0.1) is 0 Å². The molecule has 0 radical (unpaired) electrons. The van der Waals surface area contributed by atoms with Crippen LogP contribution in [0.25, 0.3) is 0 Å². The number of rotatable bonds is 5. The van der Waals surface area contributed by atoms with Crippen LogP contribution in [0.15, 0.2) is 54.9 Å². The zero-order chi connectivity index (χ0) is 21.8. The fraction of sp³-hybridized carbons (Fsp3) is 0.227. The highest BCUT2D eigenvalue weighted by atomic mass is 19.1. The van der Waals surface area contributed by atoms with E-state index in [-0.39, 0.29) is 11.7 Å². The monoisotopic (exact) mass is 421 g/mol. The molecule has 160 valence electrons. The summed E-state index contributed by atoms with van der Waals surface area (Å²) in [5, 5.41) is 0. The first kappa shape index (κ1) is 20.4. The second-order valence-corrected chi connectivity index (χ2v) is 7.33. The fourth-order valence-corrected chi connectivity index (χ4v) is 3.50. The van der Waals surface area contributed by atoms with Gasteiger partial charge in [-0.25, -0.2) is 14.4 Å². The largest absolute Gasteiger partial charge is 0.393 e. The maximum Gasteiger partial charge on any atom is 0.269 e. The Kier molecular flexibility index (Phi) is 5.83. The molecule has 1 fully saturated rings. The lowest BCUT2D eigenvalue weighted by Gasteiger charge is -2.37. The third-order valence-corrected chi connectivity index (χ3v) is 5.24. The Bertz CT molecular complexity index is 1070. The number of piperazine rings is 1. The molecule has 2 aromatic carbocycles. The summed E-state index contributed by atoms with van der Waals surface area (Å²) in [5.41, 5.74) is 14.2. The van der Waals surface area contributed by atoms with Crippen LogP contribution in [0, 0.1) is 12.7 Å². The minimum atomic E-state index is -0.293. The van der Waals surface area contributed by atoms with Gasteiger partial charge in [0.1, 0.15) is 17.8 Å². The van der Waals surface area contributed by atoms with Gasteiger partial charge in [0, 0.05) is 31.7 Å². The van der Waals surface area contributed by atoms with Crippen molar-refractivity contribution in [3.8, 4) is 0 Å². The summed E-state index contributed by atoms with van der Waals surface area (Å²) < 4.78 is 14.1. The Labute approximate surface area is 179 Å². The molecular formula is C22H24FN7O. The Morgan fingerprint density at radius 2 is 1.68 bits per heavy atom. The van der Waals surface area contributed by atoms with Crippen LogP contribution in [0.1, 0.15) is 15.9 Å². The maximum absolute atomic E-state index is 14.1. The molecule has 9 heteroatoms. The molecule has 1 aromatic heterocycles. The van der Waals surface area contributed by atoms with Crippen molar-refractivity contribution in [2.24, 2.45) is 0 Å². The van der Waals surface area contributed by atoms with Crippen molar-refractivity contribution < 1.29 is 9.18 Å². The average Bonchev–Trinajstić information content (AvgIpc) is 2.79. The number of benzene rings is 2. The lowest BCUT2D eigenvalue weighted by atomic mass is 10.1. The summed E-state index contributed by atoms with van der Waals surface area (Å²) in [4.78, 5) is 24.8. The van der Waals surface area contributed by atoms with Gasteiger partial charge in [-0.2, -0.15) is 0 Å². The normalized spacial score (nSPS) is 13.7. The highest BCUT2D eigenvalue weighted by Crippen LogP contribution is 2.28. The van der Waals surface area contributed by atoms with Crippen LogP contribution < -0.4 is 26.4 Å². The Morgan fingerprint density at radius 3 is 2.39 bits per heavy atom. The molecule has 0 atom stereocenters. The number of aryl methyl sites for hydroxylation is 1. The number of nitrogens with zero attached hydrogens (tertiary/aromatic N) is 4. The smallest absolute Gasteiger partial charge is 0.269 e. The van der Waals surface area contributed by atoms with Crippen molar-refractivity contribution in [1.82, 2.24) is 15.4 Å². The first-order valence-electron chi connectivity index (χ1n) is 10.0. The van der Waals surface area contributed by atoms with E-state index in [4.69, 9.17) is 5.73 Å². The summed E-state index contributed by atoms with van der Waals surface area (Å²) in [6, 6.07) is 14.0. The number of nitrogens with one attached hydrogen (secondary N) is 2. The van der Waals surface area contributed by atoms with Gasteiger partial charge in [0.2, 0.25) is 0 Å². The van der Waals surface area contributed by atoms with E-state index in [2.05, 4.69) is 20.8 Å². The van der Waals surface area contributed by atoms with Crippen molar-refractivity contribution in [2.75, 3.05) is 47.1 Å². The molecule has 2 heterocycles. The van der Waals surface area contributed by atoms with E-state index in [0.29, 0.717) is 54.8 Å². The van der Waals surface area contributed by atoms with E-state index >= 15 is 0 Å². The van der Waals surface area contributed by atoms with Gasteiger partial charge in [0.05, 0.1) is 5.69 Å². The molecule has 1 amide bonds. The predicted molar refractivity (Wildman–Crippen MR) is 120 cm³/mol. The molecule has 3 aromatic rings. The number of nitrogens with two attached hydrogens (primary N) is 1. The quantitative estimate of drug-likeness (QED) is 0.545. The lowest BCUT2D eigenvalue weighted by Crippen LogP contribution is -2.47. The summed E-state index contributed by atoms with van der Waals surface area (Å²) in [5.74, 6) is 0.378. The molecule has 8 nitrogen and oxygen atoms in total. The fourth-order valence-electron chi connectivity index (χ4n) is 3.50. The number of aromatic nitrogens is 2. The van der Waals surface area contributed by atoms with Crippen LogP contribution in [-0.2, 0) is 0 Å². The zero-order valence-electron chi connectivity index (χ0n) is 17.2. The second-order valence-electron chi connectivity index (χ2n) is 7.33. The molecule has 31 heavy (non-hydrogen) atoms. The van der Waals surface area contributed by atoms with Gasteiger partial charge in [0.25, 0.3) is 5.91 Å². The number of carbonyl (C=O) groups is 1. The molecule has 0 spiro atoms. The van der Waals surface area contributed by atoms with Crippen molar-refractivity contribution >= 4 is 28.9 Å². The van der Waals surface area contributed by atoms with Crippen LogP contribution >= 0.6 is 0 Å². The van der Waals surface area contributed by atoms with Gasteiger partial charge in [-0.1, -0.05) is 29.8 Å². The third-order valence-electron chi connectivity index (χ3n) is 5.24. The molecule has 4 N–H and O–H groups in total. The van der Waals surface area contributed by atoms with Gasteiger partial charge >= 0.3 is 0 Å². The number of amides is 1. The topological polar surface area (TPSA) is 99.4 Å². The van der Waals surface area contributed by atoms with Crippen LogP contribution in [0.5, 0.6) is 0 Å². The molecule has 0 saturated carbocycles. The van der Waals surface area contributed by atoms with Crippen molar-refractivity contribution in [3.63, 3.8) is 0 Å². The zero-order valence-corrected chi connectivity index (χ0v) is 17.2. The van der Waals surface area contributed by atoms with Gasteiger partial charge in [-0.05, 0) is 31.2 Å². The number of anilines is 4. The Hall–Kier alpha value is -3.88. The number of para-hydroxylation sites is 1. The van der Waals surface area contributed by atoms with E-state index in [9.17, 15) is 9.18 Å². The number of carbonyl (C=O) groups excluding carboxylic acids is 1. The summed E-state index contributed by atoms with van der Waals surface area (Å²) in [6.45, 7) is 4.49. The number of nitrogen functional groups attached to an aromatic ring is 1. The molecule has 0 aliphatic carbocycles. The van der Waals surface area contributed by atoms with Crippen molar-refractivity contribution in [3.05, 3.63) is 71.8 Å². The van der Waals surface area contributed by atoms with Crippen LogP contribution in [0.4, 0.5) is 27.4 Å². The standard InChI is InChI=1S/C22H24FN7O/c1-15-6-8-16(9-7-15)22(31)28-27-20-19(24)21(26-14-25-20)30-12-10-29(11-13-30)18-5-3-2-4-17(18)23/h2-9,14H,10-13,24H2,1H3,(H,28,31)(H,25,26,27). The number of hydrogen-bond acceptors (Lipinski definition) is 7. The SMILES string of the molecule is Cc1ccc(C(=O)NNc2ncnc(N3CCN(c4ccccc4F)CC3)c2N)cc1. The molecule has 0 bridgehead atoms. The van der Waals surface area contributed by atoms with Crippen LogP contribution in [-0.4, -0.2) is 42.1 Å². The number of hydrazine groups is 1. The van der Waals surface area contributed by atoms with Crippen molar-refractivity contribution in [2.45, 2.75) is 6.92 Å². The second kappa shape index (κ2) is 8.86. The molecule has 1 saturated heterocycles. The Balaban J connectivity index is 1.40. The first-order valence-corrected chi connectivity index (χ1v) is 10.0.